The average Bonchev–Trinajstić information content (AvgIpc) is 2.23. The summed E-state index contributed by atoms with van der Waals surface area (Å²) in [5.41, 5.74) is 3.49. The third-order valence-corrected chi connectivity index (χ3v) is 2.78. The summed E-state index contributed by atoms with van der Waals surface area (Å²) >= 11 is 0. The normalized spacial score (nSPS) is 11.8. The van der Waals surface area contributed by atoms with Crippen molar-refractivity contribution >= 4 is 21.9 Å². The van der Waals surface area contributed by atoms with Gasteiger partial charge in [0.05, 0.1) is 20.1 Å². The molecule has 0 rings (SSSR count). The first-order valence-electron chi connectivity index (χ1n) is 4.62. The van der Waals surface area contributed by atoms with Crippen LogP contribution >= 0.6 is 0 Å². The van der Waals surface area contributed by atoms with Crippen molar-refractivity contribution in [2.45, 2.75) is 18.6 Å². The number of ether oxygens (including phenoxy) is 1. The summed E-state index contributed by atoms with van der Waals surface area (Å²) in [5, 5.41) is -1.83. The molecule has 0 radical (unpaired) electrons. The predicted molar refractivity (Wildman–Crippen MR) is 58.8 cm³/mol. The zero-order valence-corrected chi connectivity index (χ0v) is 10.7. The molecule has 0 aromatic rings. The number of Topliss-reactive ketones (excluding diaryl/α,β-unsaturated/α-hetero) is 1. The van der Waals surface area contributed by atoms with Crippen molar-refractivity contribution in [3.63, 3.8) is 0 Å². The number of carbonyl (C=O) groups is 2. The quantitative estimate of drug-likeness (QED) is 0.365. The fraction of sp³-hybridized carbons (Fsp3) is 0.556. The van der Waals surface area contributed by atoms with Crippen LogP contribution in [0.3, 0.4) is 0 Å². The molecule has 100 valence electrons. The highest BCUT2D eigenvalue weighted by molar-refractivity contribution is 7.87. The molecule has 0 aliphatic rings. The first kappa shape index (κ1) is 18.1. The maximum atomic E-state index is 10.7. The zero-order valence-electron chi connectivity index (χ0n) is 9.84. The Balaban J connectivity index is 0. The lowest BCUT2D eigenvalue weighted by atomic mass is 10.2. The SMILES string of the molecule is C=CC[NH3+].COC(=O)CC(C(C)=O)S(=O)(=O)[O-]. The second-order valence-electron chi connectivity index (χ2n) is 2.95. The number of rotatable bonds is 5. The molecule has 17 heavy (non-hydrogen) atoms. The standard InChI is InChI=1S/C6H10O6S.C3H7N/c1-4(7)5(13(9,10)11)3-6(8)12-2;1-2-3-4/h5H,3H2,1-2H3,(H,9,10,11);2H,1,3-4H2. The Labute approximate surface area is 100 Å². The lowest BCUT2D eigenvalue weighted by molar-refractivity contribution is -0.352. The maximum Gasteiger partial charge on any atom is 0.307 e. The fourth-order valence-corrected chi connectivity index (χ4v) is 1.43. The minimum Gasteiger partial charge on any atom is -0.747 e. The monoisotopic (exact) mass is 267 g/mol. The van der Waals surface area contributed by atoms with Gasteiger partial charge in [-0.1, -0.05) is 6.58 Å². The van der Waals surface area contributed by atoms with Crippen LogP contribution in [0.2, 0.25) is 0 Å². The van der Waals surface area contributed by atoms with Gasteiger partial charge in [-0.3, -0.25) is 9.59 Å². The molecule has 3 N–H and O–H groups in total. The Morgan fingerprint density at radius 1 is 1.53 bits per heavy atom. The topological polar surface area (TPSA) is 128 Å². The first-order valence-corrected chi connectivity index (χ1v) is 6.09. The molecule has 0 heterocycles. The highest BCUT2D eigenvalue weighted by atomic mass is 32.2. The van der Waals surface area contributed by atoms with Gasteiger partial charge in [-0.05, 0) is 13.0 Å². The van der Waals surface area contributed by atoms with E-state index in [9.17, 15) is 22.6 Å². The van der Waals surface area contributed by atoms with Crippen LogP contribution in [0, 0.1) is 0 Å². The van der Waals surface area contributed by atoms with Crippen LogP contribution in [0.4, 0.5) is 0 Å². The maximum absolute atomic E-state index is 10.7. The highest BCUT2D eigenvalue weighted by Crippen LogP contribution is 2.06. The van der Waals surface area contributed by atoms with E-state index in [1.807, 2.05) is 0 Å². The summed E-state index contributed by atoms with van der Waals surface area (Å²) < 4.78 is 35.5. The van der Waals surface area contributed by atoms with E-state index in [2.05, 4.69) is 17.0 Å². The molecule has 7 nitrogen and oxygen atoms in total. The smallest absolute Gasteiger partial charge is 0.307 e. The first-order chi connectivity index (χ1) is 7.70. The molecule has 0 fully saturated rings. The number of hydrogen-bond acceptors (Lipinski definition) is 6. The van der Waals surface area contributed by atoms with Gasteiger partial charge in [0, 0.05) is 0 Å². The third-order valence-electron chi connectivity index (χ3n) is 1.59. The minimum atomic E-state index is -4.77. The molecule has 0 saturated heterocycles. The number of methoxy groups -OCH3 is 1. The lowest BCUT2D eigenvalue weighted by Crippen LogP contribution is -2.48. The summed E-state index contributed by atoms with van der Waals surface area (Å²) in [6.45, 7) is 5.18. The molecule has 0 aliphatic carbocycles. The summed E-state index contributed by atoms with van der Waals surface area (Å²) in [7, 11) is -3.73. The summed E-state index contributed by atoms with van der Waals surface area (Å²) in [5.74, 6) is -1.76. The molecule has 0 aliphatic heterocycles. The molecule has 0 amide bonds. The zero-order chi connectivity index (χ0) is 14.1. The summed E-state index contributed by atoms with van der Waals surface area (Å²) in [6.07, 6.45) is 1.04. The largest absolute Gasteiger partial charge is 0.747 e. The Hall–Kier alpha value is -1.25. The molecule has 0 saturated carbocycles. The van der Waals surface area contributed by atoms with E-state index in [1.54, 1.807) is 6.08 Å². The average molecular weight is 267 g/mol. The highest BCUT2D eigenvalue weighted by Gasteiger charge is 2.25. The molecule has 0 spiro atoms. The van der Waals surface area contributed by atoms with Gasteiger partial charge in [-0.25, -0.2) is 8.42 Å². The Kier molecular flexibility index (Phi) is 9.44. The number of ketones is 1. The predicted octanol–water partition coefficient (Wildman–Crippen LogP) is -1.53. The molecule has 0 aromatic heterocycles. The molecule has 8 heteroatoms. The van der Waals surface area contributed by atoms with Gasteiger partial charge < -0.3 is 15.0 Å². The van der Waals surface area contributed by atoms with Gasteiger partial charge in [-0.2, -0.15) is 0 Å². The van der Waals surface area contributed by atoms with E-state index >= 15 is 0 Å². The molecular formula is C9H17NO6S. The van der Waals surface area contributed by atoms with E-state index in [0.29, 0.717) is 0 Å². The van der Waals surface area contributed by atoms with Crippen molar-refractivity contribution in [3.05, 3.63) is 12.7 Å². The lowest BCUT2D eigenvalue weighted by Gasteiger charge is -2.15. The van der Waals surface area contributed by atoms with E-state index in [-0.39, 0.29) is 0 Å². The van der Waals surface area contributed by atoms with Gasteiger partial charge in [0.15, 0.2) is 0 Å². The van der Waals surface area contributed by atoms with E-state index in [0.717, 1.165) is 20.6 Å². The van der Waals surface area contributed by atoms with Gasteiger partial charge in [0.2, 0.25) is 0 Å². The van der Waals surface area contributed by atoms with Crippen molar-refractivity contribution in [1.82, 2.24) is 0 Å². The number of hydrogen-bond donors (Lipinski definition) is 1. The molecule has 1 unspecified atom stereocenters. The Morgan fingerprint density at radius 3 is 2.12 bits per heavy atom. The summed E-state index contributed by atoms with van der Waals surface area (Å²) in [6, 6.07) is 0. The van der Waals surface area contributed by atoms with Crippen LogP contribution in [0.25, 0.3) is 0 Å². The molecular weight excluding hydrogens is 250 g/mol. The van der Waals surface area contributed by atoms with Gasteiger partial charge in [0.1, 0.15) is 21.2 Å². The van der Waals surface area contributed by atoms with Crippen LogP contribution in [0.15, 0.2) is 12.7 Å². The van der Waals surface area contributed by atoms with E-state index < -0.39 is 33.5 Å². The third kappa shape index (κ3) is 9.67. The number of esters is 1. The molecule has 1 atom stereocenters. The summed E-state index contributed by atoms with van der Waals surface area (Å²) in [4.78, 5) is 21.3. The van der Waals surface area contributed by atoms with Crippen LogP contribution in [0.5, 0.6) is 0 Å². The number of carbonyl (C=O) groups excluding carboxylic acids is 2. The van der Waals surface area contributed by atoms with Crippen molar-refractivity contribution < 1.29 is 33.0 Å². The minimum absolute atomic E-state index is 0.725. The van der Waals surface area contributed by atoms with E-state index in [4.69, 9.17) is 0 Å². The second-order valence-corrected chi connectivity index (χ2v) is 4.50. The Bertz CT molecular complexity index is 362. The van der Waals surface area contributed by atoms with Gasteiger partial charge >= 0.3 is 5.97 Å². The van der Waals surface area contributed by atoms with Crippen molar-refractivity contribution in [2.24, 2.45) is 0 Å². The van der Waals surface area contributed by atoms with Gasteiger partial charge in [0.25, 0.3) is 0 Å². The van der Waals surface area contributed by atoms with Crippen LogP contribution < -0.4 is 5.73 Å². The van der Waals surface area contributed by atoms with Crippen molar-refractivity contribution in [2.75, 3.05) is 13.7 Å². The number of quaternary nitrogens is 1. The van der Waals surface area contributed by atoms with Crippen LogP contribution in [-0.4, -0.2) is 43.6 Å². The molecule has 0 aromatic carbocycles. The van der Waals surface area contributed by atoms with E-state index in [1.165, 1.54) is 0 Å². The Morgan fingerprint density at radius 2 is 1.94 bits per heavy atom. The molecule has 0 bridgehead atoms. The van der Waals surface area contributed by atoms with Crippen molar-refractivity contribution in [3.8, 4) is 0 Å². The van der Waals surface area contributed by atoms with Gasteiger partial charge in [-0.15, -0.1) is 0 Å². The second kappa shape index (κ2) is 8.85. The van der Waals surface area contributed by atoms with Crippen LogP contribution in [-0.2, 0) is 24.4 Å². The van der Waals surface area contributed by atoms with Crippen LogP contribution in [0.1, 0.15) is 13.3 Å². The fourth-order valence-electron chi connectivity index (χ4n) is 0.684. The van der Waals surface area contributed by atoms with Crippen molar-refractivity contribution in [1.29, 1.82) is 0 Å².